The second kappa shape index (κ2) is 9.29. The Balaban J connectivity index is 1.51. The van der Waals surface area contributed by atoms with Crippen LogP contribution in [0, 0.1) is 6.07 Å². The van der Waals surface area contributed by atoms with Crippen LogP contribution in [0.4, 0.5) is 0 Å². The average Bonchev–Trinajstić information content (AvgIpc) is 3.24. The fraction of sp³-hybridized carbons (Fsp3) is 0.364. The van der Waals surface area contributed by atoms with Gasteiger partial charge in [0.15, 0.2) is 11.5 Å². The van der Waals surface area contributed by atoms with Crippen LogP contribution < -0.4 is 14.2 Å². The maximum Gasteiger partial charge on any atom is 0.230 e. The van der Waals surface area contributed by atoms with E-state index in [-0.39, 0.29) is 0 Å². The summed E-state index contributed by atoms with van der Waals surface area (Å²) in [5, 5.41) is 1.21. The van der Waals surface area contributed by atoms with Crippen molar-refractivity contribution in [1.82, 2.24) is 14.9 Å². The van der Waals surface area contributed by atoms with Crippen LogP contribution in [0.25, 0.3) is 10.9 Å². The highest BCUT2D eigenvalue weighted by atomic mass is 35.5. The number of rotatable bonds is 8. The lowest BCUT2D eigenvalue weighted by Gasteiger charge is -2.16. The van der Waals surface area contributed by atoms with Crippen LogP contribution in [0.1, 0.15) is 19.3 Å². The Labute approximate surface area is 175 Å². The number of nitrogens with zero attached hydrogens (tertiary/aromatic N) is 3. The average molecular weight is 413 g/mol. The molecule has 2 aromatic carbocycles. The number of benzene rings is 2. The Hall–Kier alpha value is -2.57. The van der Waals surface area contributed by atoms with Crippen molar-refractivity contribution in [3.05, 3.63) is 47.7 Å². The molecule has 7 heteroatoms. The van der Waals surface area contributed by atoms with Gasteiger partial charge in [-0.15, -0.1) is 0 Å². The minimum atomic E-state index is 0.427. The van der Waals surface area contributed by atoms with Crippen molar-refractivity contribution >= 4 is 22.5 Å². The number of methoxy groups -OCH3 is 1. The lowest BCUT2D eigenvalue weighted by Crippen LogP contribution is -2.21. The number of hydrogen-bond acceptors (Lipinski definition) is 6. The number of aromatic nitrogens is 2. The largest absolute Gasteiger partial charge is 0.493 e. The van der Waals surface area contributed by atoms with Crippen LogP contribution in [0.5, 0.6) is 23.1 Å². The van der Waals surface area contributed by atoms with E-state index < -0.39 is 0 Å². The zero-order valence-corrected chi connectivity index (χ0v) is 17.1. The van der Waals surface area contributed by atoms with Crippen molar-refractivity contribution in [1.29, 1.82) is 0 Å². The maximum atomic E-state index is 6.00. The number of ether oxygens (including phenoxy) is 3. The van der Waals surface area contributed by atoms with Gasteiger partial charge in [-0.05, 0) is 50.6 Å². The minimum absolute atomic E-state index is 0.427. The molecule has 0 N–H and O–H groups in total. The molecule has 0 spiro atoms. The molecule has 0 aliphatic carbocycles. The molecule has 1 aliphatic rings. The first-order valence-corrected chi connectivity index (χ1v) is 10.1. The van der Waals surface area contributed by atoms with Crippen LogP contribution in [-0.2, 0) is 0 Å². The first kappa shape index (κ1) is 19.7. The van der Waals surface area contributed by atoms with Crippen molar-refractivity contribution in [2.45, 2.75) is 19.3 Å². The number of likely N-dealkylation sites (tertiary alicyclic amines) is 1. The second-order valence-electron chi connectivity index (χ2n) is 6.92. The smallest absolute Gasteiger partial charge is 0.230 e. The number of fused-ring (bicyclic) bond motifs is 1. The molecule has 1 fully saturated rings. The van der Waals surface area contributed by atoms with Gasteiger partial charge >= 0.3 is 0 Å². The first-order chi connectivity index (χ1) is 14.2. The number of halogens is 1. The normalized spacial score (nSPS) is 14.3. The summed E-state index contributed by atoms with van der Waals surface area (Å²) >= 11 is 5.99. The van der Waals surface area contributed by atoms with Gasteiger partial charge in [0.05, 0.1) is 29.6 Å². The molecule has 6 nitrogen and oxygen atoms in total. The summed E-state index contributed by atoms with van der Waals surface area (Å²) in [6.07, 6.45) is 5.05. The molecular weight excluding hydrogens is 390 g/mol. The molecule has 0 amide bonds. The number of hydrogen-bond donors (Lipinski definition) is 0. The Kier molecular flexibility index (Phi) is 6.32. The molecular formula is C22H23ClN3O3. The van der Waals surface area contributed by atoms with Gasteiger partial charge in [0.2, 0.25) is 5.88 Å². The molecule has 0 atom stereocenters. The molecule has 2 heterocycles. The summed E-state index contributed by atoms with van der Waals surface area (Å²) in [5.74, 6) is 2.30. The van der Waals surface area contributed by atoms with Crippen LogP contribution in [-0.4, -0.2) is 48.2 Å². The fourth-order valence-electron chi connectivity index (χ4n) is 3.46. The van der Waals surface area contributed by atoms with Crippen molar-refractivity contribution in [3.63, 3.8) is 0 Å². The van der Waals surface area contributed by atoms with Gasteiger partial charge in [0, 0.05) is 24.7 Å². The van der Waals surface area contributed by atoms with E-state index in [0.717, 1.165) is 23.9 Å². The van der Waals surface area contributed by atoms with Crippen LogP contribution in [0.3, 0.4) is 0 Å². The Bertz CT molecular complexity index is 977. The van der Waals surface area contributed by atoms with Gasteiger partial charge in [-0.1, -0.05) is 11.6 Å². The van der Waals surface area contributed by atoms with Gasteiger partial charge in [0.1, 0.15) is 12.1 Å². The zero-order valence-electron chi connectivity index (χ0n) is 16.4. The lowest BCUT2D eigenvalue weighted by atomic mass is 10.2. The zero-order chi connectivity index (χ0) is 20.1. The molecule has 1 aromatic heterocycles. The standard InChI is InChI=1S/C22H23ClN3O3/c1-27-20-13-18-19(14-21(20)28-11-5-10-26-8-2-3-9-26)24-15-25-22(18)29-17-7-4-6-16(23)12-17/h4,7,12-15H,2-3,5,8-11H2,1H3. The van der Waals surface area contributed by atoms with Gasteiger partial charge < -0.3 is 19.1 Å². The first-order valence-electron chi connectivity index (χ1n) is 9.76. The van der Waals surface area contributed by atoms with E-state index in [4.69, 9.17) is 25.8 Å². The molecule has 151 valence electrons. The summed E-state index contributed by atoms with van der Waals surface area (Å²) in [6.45, 7) is 4.09. The molecule has 29 heavy (non-hydrogen) atoms. The molecule has 1 saturated heterocycles. The van der Waals surface area contributed by atoms with E-state index in [9.17, 15) is 0 Å². The van der Waals surface area contributed by atoms with Crippen molar-refractivity contribution < 1.29 is 14.2 Å². The molecule has 4 rings (SSSR count). The summed E-state index contributed by atoms with van der Waals surface area (Å²) < 4.78 is 17.4. The lowest BCUT2D eigenvalue weighted by molar-refractivity contribution is 0.254. The van der Waals surface area contributed by atoms with E-state index in [0.29, 0.717) is 34.8 Å². The van der Waals surface area contributed by atoms with E-state index in [1.807, 2.05) is 12.1 Å². The molecule has 0 bridgehead atoms. The van der Waals surface area contributed by atoms with Gasteiger partial charge in [-0.25, -0.2) is 9.97 Å². The third kappa shape index (κ3) is 4.89. The Morgan fingerprint density at radius 2 is 2.00 bits per heavy atom. The van der Waals surface area contributed by atoms with Crippen LogP contribution in [0.15, 0.2) is 36.7 Å². The van der Waals surface area contributed by atoms with E-state index in [2.05, 4.69) is 20.9 Å². The Morgan fingerprint density at radius 1 is 1.14 bits per heavy atom. The predicted molar refractivity (Wildman–Crippen MR) is 112 cm³/mol. The summed E-state index contributed by atoms with van der Waals surface area (Å²) in [7, 11) is 1.62. The van der Waals surface area contributed by atoms with Gasteiger partial charge in [-0.3, -0.25) is 0 Å². The summed E-state index contributed by atoms with van der Waals surface area (Å²) in [4.78, 5) is 11.1. The quantitative estimate of drug-likeness (QED) is 0.498. The van der Waals surface area contributed by atoms with Gasteiger partial charge in [-0.2, -0.15) is 0 Å². The van der Waals surface area contributed by atoms with Crippen LogP contribution in [0.2, 0.25) is 5.02 Å². The summed E-state index contributed by atoms with van der Waals surface area (Å²) in [5.41, 5.74) is 0.721. The third-order valence-electron chi connectivity index (χ3n) is 4.91. The second-order valence-corrected chi connectivity index (χ2v) is 7.33. The highest BCUT2D eigenvalue weighted by molar-refractivity contribution is 6.30. The topological polar surface area (TPSA) is 56.7 Å². The highest BCUT2D eigenvalue weighted by Crippen LogP contribution is 2.36. The fourth-order valence-corrected chi connectivity index (χ4v) is 3.63. The highest BCUT2D eigenvalue weighted by Gasteiger charge is 2.14. The SMILES string of the molecule is COc1cc2c(Oc3cc[c]c(Cl)c3)ncnc2cc1OCCCN1CCCC1. The molecule has 0 unspecified atom stereocenters. The Morgan fingerprint density at radius 3 is 2.79 bits per heavy atom. The molecule has 3 aromatic rings. The van der Waals surface area contributed by atoms with E-state index in [1.165, 1.54) is 32.3 Å². The van der Waals surface area contributed by atoms with Crippen molar-refractivity contribution in [3.8, 4) is 23.1 Å². The van der Waals surface area contributed by atoms with Crippen molar-refractivity contribution in [2.75, 3.05) is 33.4 Å². The monoisotopic (exact) mass is 412 g/mol. The molecule has 1 aliphatic heterocycles. The van der Waals surface area contributed by atoms with Crippen molar-refractivity contribution in [2.24, 2.45) is 0 Å². The van der Waals surface area contributed by atoms with E-state index >= 15 is 0 Å². The van der Waals surface area contributed by atoms with Gasteiger partial charge in [0.25, 0.3) is 0 Å². The molecule has 0 saturated carbocycles. The predicted octanol–water partition coefficient (Wildman–Crippen LogP) is 4.75. The third-order valence-corrected chi connectivity index (χ3v) is 5.13. The van der Waals surface area contributed by atoms with Crippen LogP contribution >= 0.6 is 11.6 Å². The molecule has 1 radical (unpaired) electrons. The maximum absolute atomic E-state index is 6.00. The minimum Gasteiger partial charge on any atom is -0.493 e. The summed E-state index contributed by atoms with van der Waals surface area (Å²) in [6, 6.07) is 11.7. The van der Waals surface area contributed by atoms with E-state index in [1.54, 1.807) is 25.3 Å².